The molecule has 0 fully saturated rings. The average molecular weight is 368 g/mol. The minimum atomic E-state index is -0.171. The fraction of sp³-hybridized carbons (Fsp3) is 0.300. The molecule has 4 rings (SSSR count). The van der Waals surface area contributed by atoms with Gasteiger partial charge in [-0.2, -0.15) is 4.99 Å². The molecule has 0 bridgehead atoms. The lowest BCUT2D eigenvalue weighted by molar-refractivity contribution is -0.117. The van der Waals surface area contributed by atoms with Crippen LogP contribution in [0.4, 0.5) is 0 Å². The van der Waals surface area contributed by atoms with E-state index in [9.17, 15) is 4.79 Å². The maximum Gasteiger partial charge on any atom is 0.252 e. The second-order valence-electron chi connectivity index (χ2n) is 6.70. The molecular formula is C20H20N2O3S. The summed E-state index contributed by atoms with van der Waals surface area (Å²) in [7, 11) is 1.95. The van der Waals surface area contributed by atoms with E-state index in [4.69, 9.17) is 9.47 Å². The van der Waals surface area contributed by atoms with Gasteiger partial charge >= 0.3 is 0 Å². The Kier molecular flexibility index (Phi) is 4.28. The molecule has 6 heteroatoms. The number of nitrogens with zero attached hydrogens (tertiary/aromatic N) is 2. The van der Waals surface area contributed by atoms with Crippen LogP contribution in [0.15, 0.2) is 41.4 Å². The Morgan fingerprint density at radius 1 is 1.19 bits per heavy atom. The van der Waals surface area contributed by atoms with Crippen molar-refractivity contribution < 1.29 is 14.3 Å². The quantitative estimate of drug-likeness (QED) is 0.707. The van der Waals surface area contributed by atoms with Gasteiger partial charge in [0.25, 0.3) is 5.91 Å². The van der Waals surface area contributed by atoms with Crippen LogP contribution >= 0.6 is 11.3 Å². The van der Waals surface area contributed by atoms with Crippen LogP contribution in [0.2, 0.25) is 0 Å². The number of carbonyl (C=O) groups is 1. The van der Waals surface area contributed by atoms with Crippen molar-refractivity contribution in [1.29, 1.82) is 0 Å². The van der Waals surface area contributed by atoms with Gasteiger partial charge in [0.15, 0.2) is 16.3 Å². The van der Waals surface area contributed by atoms with E-state index >= 15 is 0 Å². The first-order chi connectivity index (χ1) is 12.5. The number of fused-ring (bicyclic) bond motifs is 2. The summed E-state index contributed by atoms with van der Waals surface area (Å²) in [6, 6.07) is 12.0. The number of rotatable bonds is 3. The lowest BCUT2D eigenvalue weighted by Crippen LogP contribution is -2.14. The molecule has 0 unspecified atom stereocenters. The molecule has 1 amide bonds. The van der Waals surface area contributed by atoms with E-state index in [0.717, 1.165) is 21.5 Å². The van der Waals surface area contributed by atoms with Gasteiger partial charge in [-0.25, -0.2) is 0 Å². The number of amides is 1. The highest BCUT2D eigenvalue weighted by Crippen LogP contribution is 2.32. The Morgan fingerprint density at radius 3 is 2.81 bits per heavy atom. The molecule has 0 radical (unpaired) electrons. The number of aryl methyl sites for hydroxylation is 1. The van der Waals surface area contributed by atoms with E-state index in [-0.39, 0.29) is 19.1 Å². The van der Waals surface area contributed by atoms with Gasteiger partial charge in [-0.05, 0) is 41.3 Å². The Hall–Kier alpha value is -2.60. The molecule has 0 spiro atoms. The molecule has 0 N–H and O–H groups in total. The van der Waals surface area contributed by atoms with E-state index < -0.39 is 0 Å². The molecule has 0 saturated carbocycles. The van der Waals surface area contributed by atoms with E-state index in [1.807, 2.05) is 29.8 Å². The summed E-state index contributed by atoms with van der Waals surface area (Å²) in [5, 5.41) is 0. The number of carbonyl (C=O) groups excluding carboxylic acids is 1. The highest BCUT2D eigenvalue weighted by atomic mass is 32.1. The average Bonchev–Trinajstić information content (AvgIpc) is 3.19. The summed E-state index contributed by atoms with van der Waals surface area (Å²) in [6.45, 7) is 4.58. The summed E-state index contributed by atoms with van der Waals surface area (Å²) >= 11 is 1.55. The molecule has 2 aromatic carbocycles. The molecule has 0 atom stereocenters. The summed E-state index contributed by atoms with van der Waals surface area (Å²) in [5.74, 6) is 1.70. The molecule has 0 saturated heterocycles. The van der Waals surface area contributed by atoms with Gasteiger partial charge in [-0.1, -0.05) is 37.3 Å². The zero-order chi connectivity index (χ0) is 18.3. The highest BCUT2D eigenvalue weighted by molar-refractivity contribution is 7.16. The topological polar surface area (TPSA) is 52.8 Å². The van der Waals surface area contributed by atoms with Crippen molar-refractivity contribution in [2.75, 3.05) is 6.79 Å². The lowest BCUT2D eigenvalue weighted by atomic mass is 10.0. The largest absolute Gasteiger partial charge is 0.454 e. The van der Waals surface area contributed by atoms with Gasteiger partial charge in [0.2, 0.25) is 6.79 Å². The summed E-state index contributed by atoms with van der Waals surface area (Å²) < 4.78 is 13.8. The van der Waals surface area contributed by atoms with Crippen molar-refractivity contribution in [3.63, 3.8) is 0 Å². The van der Waals surface area contributed by atoms with Gasteiger partial charge in [0.05, 0.1) is 16.6 Å². The number of aromatic nitrogens is 1. The predicted octanol–water partition coefficient (Wildman–Crippen LogP) is 3.76. The second kappa shape index (κ2) is 6.61. The first-order valence-corrected chi connectivity index (χ1v) is 9.38. The molecule has 1 aliphatic heterocycles. The fourth-order valence-electron chi connectivity index (χ4n) is 2.99. The van der Waals surface area contributed by atoms with Gasteiger partial charge in [-0.3, -0.25) is 4.79 Å². The van der Waals surface area contributed by atoms with E-state index in [0.29, 0.717) is 16.5 Å². The predicted molar refractivity (Wildman–Crippen MR) is 102 cm³/mol. The molecule has 5 nitrogen and oxygen atoms in total. The third kappa shape index (κ3) is 3.12. The van der Waals surface area contributed by atoms with E-state index in [1.165, 1.54) is 5.56 Å². The zero-order valence-corrected chi connectivity index (χ0v) is 15.8. The van der Waals surface area contributed by atoms with E-state index in [1.54, 1.807) is 11.3 Å². The van der Waals surface area contributed by atoms with Crippen molar-refractivity contribution >= 4 is 27.5 Å². The van der Waals surface area contributed by atoms with Crippen molar-refractivity contribution in [3.8, 4) is 11.5 Å². The van der Waals surface area contributed by atoms with Crippen molar-refractivity contribution in [1.82, 2.24) is 4.57 Å². The van der Waals surface area contributed by atoms with Crippen LogP contribution in [0, 0.1) is 0 Å². The lowest BCUT2D eigenvalue weighted by Gasteiger charge is -2.04. The molecule has 1 aliphatic rings. The SMILES string of the molecule is CC(C)c1ccc2c(c1)sc(=NC(=O)Cc1ccc3c(c1)OCO3)n2C. The number of hydrogen-bond donors (Lipinski definition) is 0. The molecule has 3 aromatic rings. The van der Waals surface area contributed by atoms with Crippen molar-refractivity contribution in [3.05, 3.63) is 52.3 Å². The highest BCUT2D eigenvalue weighted by Gasteiger charge is 2.14. The molecule has 26 heavy (non-hydrogen) atoms. The molecule has 1 aromatic heterocycles. The van der Waals surface area contributed by atoms with Crippen LogP contribution in [-0.4, -0.2) is 17.3 Å². The minimum Gasteiger partial charge on any atom is -0.454 e. The monoisotopic (exact) mass is 368 g/mol. The minimum absolute atomic E-state index is 0.171. The van der Waals surface area contributed by atoms with Crippen LogP contribution in [0.25, 0.3) is 10.2 Å². The van der Waals surface area contributed by atoms with Gasteiger partial charge < -0.3 is 14.0 Å². The van der Waals surface area contributed by atoms with E-state index in [2.05, 4.69) is 37.0 Å². The van der Waals surface area contributed by atoms with Gasteiger partial charge in [-0.15, -0.1) is 0 Å². The van der Waals surface area contributed by atoms with Crippen LogP contribution in [-0.2, 0) is 18.3 Å². The number of hydrogen-bond acceptors (Lipinski definition) is 4. The van der Waals surface area contributed by atoms with Crippen molar-refractivity contribution in [2.45, 2.75) is 26.2 Å². The second-order valence-corrected chi connectivity index (χ2v) is 7.70. The van der Waals surface area contributed by atoms with Crippen LogP contribution in [0.1, 0.15) is 30.9 Å². The summed E-state index contributed by atoms with van der Waals surface area (Å²) in [4.78, 5) is 17.5. The number of ether oxygens (including phenoxy) is 2. The third-order valence-corrected chi connectivity index (χ3v) is 5.61. The Labute approximate surface area is 155 Å². The van der Waals surface area contributed by atoms with Crippen LogP contribution in [0.5, 0.6) is 11.5 Å². The summed E-state index contributed by atoms with van der Waals surface area (Å²) in [6.07, 6.45) is 0.238. The Morgan fingerprint density at radius 2 is 2.00 bits per heavy atom. The first kappa shape index (κ1) is 16.8. The molecule has 2 heterocycles. The standard InChI is InChI=1S/C20H20N2O3S/c1-12(2)14-5-6-15-18(10-14)26-20(22(15)3)21-19(23)9-13-4-7-16-17(8-13)25-11-24-16/h4-8,10,12H,9,11H2,1-3H3. The normalized spacial score (nSPS) is 13.8. The number of benzene rings is 2. The maximum atomic E-state index is 12.4. The third-order valence-electron chi connectivity index (χ3n) is 4.51. The molecular weight excluding hydrogens is 348 g/mol. The van der Waals surface area contributed by atoms with Gasteiger partial charge in [0.1, 0.15) is 0 Å². The Bertz CT molecular complexity index is 1060. The first-order valence-electron chi connectivity index (χ1n) is 8.57. The number of thiazole rings is 1. The van der Waals surface area contributed by atoms with Gasteiger partial charge in [0, 0.05) is 7.05 Å². The zero-order valence-electron chi connectivity index (χ0n) is 15.0. The van der Waals surface area contributed by atoms with Crippen LogP contribution < -0.4 is 14.3 Å². The Balaban J connectivity index is 1.62. The van der Waals surface area contributed by atoms with Crippen molar-refractivity contribution in [2.24, 2.45) is 12.0 Å². The van der Waals surface area contributed by atoms with Crippen LogP contribution in [0.3, 0.4) is 0 Å². The fourth-order valence-corrected chi connectivity index (χ4v) is 4.07. The summed E-state index contributed by atoms with van der Waals surface area (Å²) in [5.41, 5.74) is 3.25. The maximum absolute atomic E-state index is 12.4. The smallest absolute Gasteiger partial charge is 0.252 e. The molecule has 0 aliphatic carbocycles. The molecule has 134 valence electrons.